The average molecular weight is 284 g/mol. The molecule has 0 spiro atoms. The first-order valence-corrected chi connectivity index (χ1v) is 6.18. The van der Waals surface area contributed by atoms with Crippen molar-refractivity contribution in [1.29, 1.82) is 0 Å². The molecule has 2 aromatic heterocycles. The van der Waals surface area contributed by atoms with Crippen molar-refractivity contribution in [2.75, 3.05) is 12.3 Å². The Morgan fingerprint density at radius 1 is 1.37 bits per heavy atom. The zero-order valence-electron chi connectivity index (χ0n) is 9.65. The number of aliphatic hydroxyl groups is 1. The van der Waals surface area contributed by atoms with Crippen LogP contribution >= 0.6 is 11.6 Å². The molecule has 2 aliphatic rings. The van der Waals surface area contributed by atoms with Crippen LogP contribution in [0.25, 0.3) is 11.2 Å². The molecule has 2 aliphatic heterocycles. The summed E-state index contributed by atoms with van der Waals surface area (Å²) >= 11 is 5.82. The topological polar surface area (TPSA) is 108 Å². The van der Waals surface area contributed by atoms with Crippen LogP contribution in [0.5, 0.6) is 6.01 Å². The molecule has 0 radical (unpaired) electrons. The van der Waals surface area contributed by atoms with E-state index in [1.165, 1.54) is 0 Å². The van der Waals surface area contributed by atoms with Crippen LogP contribution < -0.4 is 10.5 Å². The molecule has 8 nitrogen and oxygen atoms in total. The molecule has 4 heterocycles. The van der Waals surface area contributed by atoms with E-state index in [1.54, 1.807) is 4.57 Å². The Hall–Kier alpha value is -1.64. The van der Waals surface area contributed by atoms with Crippen LogP contribution in [0, 0.1) is 0 Å². The van der Waals surface area contributed by atoms with Gasteiger partial charge in [-0.1, -0.05) is 0 Å². The predicted molar refractivity (Wildman–Crippen MR) is 64.8 cm³/mol. The van der Waals surface area contributed by atoms with Gasteiger partial charge in [-0.3, -0.25) is 4.57 Å². The van der Waals surface area contributed by atoms with Crippen LogP contribution in [0.15, 0.2) is 0 Å². The van der Waals surface area contributed by atoms with Crippen molar-refractivity contribution in [3.05, 3.63) is 5.28 Å². The van der Waals surface area contributed by atoms with E-state index in [4.69, 9.17) is 26.8 Å². The summed E-state index contributed by atoms with van der Waals surface area (Å²) in [6.45, 7) is 0.238. The number of nitrogen functional groups attached to an aromatic ring is 1. The fourth-order valence-electron chi connectivity index (χ4n) is 2.49. The average Bonchev–Trinajstić information content (AvgIpc) is 2.80. The van der Waals surface area contributed by atoms with Gasteiger partial charge < -0.3 is 20.3 Å². The number of nitrogens with two attached hydrogens (primary N) is 1. The van der Waals surface area contributed by atoms with Gasteiger partial charge >= 0.3 is 6.01 Å². The Bertz CT molecular complexity index is 675. The minimum absolute atomic E-state index is 0.0343. The van der Waals surface area contributed by atoms with Crippen LogP contribution in [0.4, 0.5) is 5.82 Å². The van der Waals surface area contributed by atoms with Crippen molar-refractivity contribution in [2.45, 2.75) is 24.9 Å². The molecule has 0 amide bonds. The molecule has 100 valence electrons. The molecule has 4 rings (SSSR count). The van der Waals surface area contributed by atoms with Gasteiger partial charge in [-0.15, -0.1) is 0 Å². The second-order valence-electron chi connectivity index (χ2n) is 4.56. The number of ether oxygens (including phenoxy) is 2. The maximum Gasteiger partial charge on any atom is 0.301 e. The summed E-state index contributed by atoms with van der Waals surface area (Å²) in [5.74, 6) is 0.189. The second kappa shape index (κ2) is 3.69. The third kappa shape index (κ3) is 1.50. The third-order valence-electron chi connectivity index (χ3n) is 3.38. The standard InChI is InChI=1S/C10H10ClN5O3/c11-9-14-7(12)6-8(15-9)16-5-1-3(17)4(19-5)2-18-10(16)13-6/h3-5,17H,1-2H2,(H2,12,14,15)/t3-,4+,5+/m0/s1. The van der Waals surface area contributed by atoms with Crippen LogP contribution in [-0.4, -0.2) is 43.4 Å². The molecule has 1 fully saturated rings. The SMILES string of the molecule is Nc1nc(Cl)nc2c1nc1n2[C@H]2C[C@H](O)[C@@H](CO1)O2. The van der Waals surface area contributed by atoms with E-state index < -0.39 is 6.10 Å². The molecule has 3 N–H and O–H groups in total. The zero-order valence-corrected chi connectivity index (χ0v) is 10.4. The van der Waals surface area contributed by atoms with Gasteiger partial charge in [0.2, 0.25) is 5.28 Å². The summed E-state index contributed by atoms with van der Waals surface area (Å²) in [5, 5.41) is 9.88. The lowest BCUT2D eigenvalue weighted by Gasteiger charge is -2.13. The van der Waals surface area contributed by atoms with Crippen LogP contribution in [0.3, 0.4) is 0 Å². The lowest BCUT2D eigenvalue weighted by atomic mass is 10.2. The molecule has 0 saturated carbocycles. The van der Waals surface area contributed by atoms with Crippen molar-refractivity contribution >= 4 is 28.6 Å². The lowest BCUT2D eigenvalue weighted by Crippen LogP contribution is -2.27. The largest absolute Gasteiger partial charge is 0.462 e. The number of hydrogen-bond acceptors (Lipinski definition) is 7. The summed E-state index contributed by atoms with van der Waals surface area (Å²) in [6, 6.07) is 0.359. The number of aromatic nitrogens is 4. The molecule has 1 saturated heterocycles. The number of halogens is 1. The van der Waals surface area contributed by atoms with E-state index in [1.807, 2.05) is 0 Å². The third-order valence-corrected chi connectivity index (χ3v) is 3.54. The second-order valence-corrected chi connectivity index (χ2v) is 4.90. The highest BCUT2D eigenvalue weighted by molar-refractivity contribution is 6.28. The van der Waals surface area contributed by atoms with Gasteiger partial charge in [0.1, 0.15) is 18.9 Å². The maximum atomic E-state index is 9.85. The quantitative estimate of drug-likeness (QED) is 0.660. The summed E-state index contributed by atoms with van der Waals surface area (Å²) in [6.07, 6.45) is -0.844. The number of imidazole rings is 1. The molecular weight excluding hydrogens is 274 g/mol. The molecular formula is C10H10ClN5O3. The fourth-order valence-corrected chi connectivity index (χ4v) is 2.66. The fraction of sp³-hybridized carbons (Fsp3) is 0.500. The van der Waals surface area contributed by atoms with Gasteiger partial charge in [-0.2, -0.15) is 15.0 Å². The van der Waals surface area contributed by atoms with E-state index >= 15 is 0 Å². The molecule has 9 heteroatoms. The number of nitrogens with zero attached hydrogens (tertiary/aromatic N) is 4. The summed E-state index contributed by atoms with van der Waals surface area (Å²) in [7, 11) is 0. The summed E-state index contributed by atoms with van der Waals surface area (Å²) in [5.41, 5.74) is 6.65. The number of aliphatic hydroxyl groups excluding tert-OH is 1. The highest BCUT2D eigenvalue weighted by Crippen LogP contribution is 2.38. The van der Waals surface area contributed by atoms with Crippen LogP contribution in [0.1, 0.15) is 12.6 Å². The molecule has 2 bridgehead atoms. The van der Waals surface area contributed by atoms with Gasteiger partial charge in [-0.05, 0) is 11.6 Å². The molecule has 3 atom stereocenters. The number of fused-ring (bicyclic) bond motifs is 6. The van der Waals surface area contributed by atoms with Crippen molar-refractivity contribution in [2.24, 2.45) is 0 Å². The van der Waals surface area contributed by atoms with Gasteiger partial charge in [0, 0.05) is 6.42 Å². The molecule has 0 aliphatic carbocycles. The van der Waals surface area contributed by atoms with E-state index in [0.717, 1.165) is 0 Å². The Morgan fingerprint density at radius 2 is 2.21 bits per heavy atom. The number of hydrogen-bond donors (Lipinski definition) is 2. The van der Waals surface area contributed by atoms with Crippen LogP contribution in [-0.2, 0) is 4.74 Å². The van der Waals surface area contributed by atoms with Gasteiger partial charge in [0.15, 0.2) is 17.0 Å². The van der Waals surface area contributed by atoms with Crippen molar-refractivity contribution in [1.82, 2.24) is 19.5 Å². The first-order valence-electron chi connectivity index (χ1n) is 5.81. The first kappa shape index (κ1) is 11.2. The minimum atomic E-state index is -0.565. The summed E-state index contributed by atoms with van der Waals surface area (Å²) in [4.78, 5) is 12.2. The van der Waals surface area contributed by atoms with Gasteiger partial charge in [0.25, 0.3) is 0 Å². The monoisotopic (exact) mass is 283 g/mol. The molecule has 0 aromatic carbocycles. The Balaban J connectivity index is 1.98. The number of rotatable bonds is 0. The predicted octanol–water partition coefficient (Wildman–Crippen LogP) is 0.103. The summed E-state index contributed by atoms with van der Waals surface area (Å²) < 4.78 is 12.9. The Kier molecular flexibility index (Phi) is 2.17. The molecule has 2 aromatic rings. The number of anilines is 1. The van der Waals surface area contributed by atoms with E-state index in [0.29, 0.717) is 23.6 Å². The lowest BCUT2D eigenvalue weighted by molar-refractivity contribution is -0.0196. The molecule has 0 unspecified atom stereocenters. The van der Waals surface area contributed by atoms with E-state index in [-0.39, 0.29) is 30.0 Å². The maximum absolute atomic E-state index is 9.85. The molecule has 19 heavy (non-hydrogen) atoms. The zero-order chi connectivity index (χ0) is 13.1. The van der Waals surface area contributed by atoms with Crippen molar-refractivity contribution in [3.63, 3.8) is 0 Å². The van der Waals surface area contributed by atoms with Crippen molar-refractivity contribution in [3.8, 4) is 6.01 Å². The van der Waals surface area contributed by atoms with Gasteiger partial charge in [0.05, 0.1) is 6.10 Å². The normalized spacial score (nSPS) is 29.1. The smallest absolute Gasteiger partial charge is 0.301 e. The Morgan fingerprint density at radius 3 is 3.05 bits per heavy atom. The van der Waals surface area contributed by atoms with Crippen LogP contribution in [0.2, 0.25) is 5.28 Å². The van der Waals surface area contributed by atoms with E-state index in [9.17, 15) is 5.11 Å². The Labute approximate surface area is 112 Å². The first-order chi connectivity index (χ1) is 9.13. The van der Waals surface area contributed by atoms with Crippen molar-refractivity contribution < 1.29 is 14.6 Å². The highest BCUT2D eigenvalue weighted by Gasteiger charge is 2.41. The van der Waals surface area contributed by atoms with Gasteiger partial charge in [-0.25, -0.2) is 0 Å². The highest BCUT2D eigenvalue weighted by atomic mass is 35.5. The van der Waals surface area contributed by atoms with E-state index in [2.05, 4.69) is 15.0 Å². The minimum Gasteiger partial charge on any atom is -0.462 e.